The van der Waals surface area contributed by atoms with E-state index in [0.29, 0.717) is 14.7 Å². The molecule has 0 spiro atoms. The molecule has 6 heteroatoms. The number of hydrogen-bond acceptors (Lipinski definition) is 6. The molecule has 90 valence electrons. The van der Waals surface area contributed by atoms with E-state index in [1.807, 2.05) is 24.3 Å². The first-order valence-electron chi connectivity index (χ1n) is 5.20. The van der Waals surface area contributed by atoms with Crippen LogP contribution in [0.25, 0.3) is 11.0 Å². The molecule has 2 heterocycles. The van der Waals surface area contributed by atoms with Crippen LogP contribution in [0, 0.1) is 22.7 Å². The summed E-state index contributed by atoms with van der Waals surface area (Å²) in [5.74, 6) is 0. The van der Waals surface area contributed by atoms with Crippen LogP contribution in [-0.4, -0.2) is 0 Å². The molecule has 0 bridgehead atoms. The predicted molar refractivity (Wildman–Crippen MR) is 72.5 cm³/mol. The van der Waals surface area contributed by atoms with E-state index in [0.717, 1.165) is 22.0 Å². The van der Waals surface area contributed by atoms with Gasteiger partial charge in [-0.15, -0.1) is 0 Å². The van der Waals surface area contributed by atoms with Crippen molar-refractivity contribution in [3.8, 4) is 12.1 Å². The van der Waals surface area contributed by atoms with Crippen LogP contribution in [0.4, 0.5) is 0 Å². The van der Waals surface area contributed by atoms with Gasteiger partial charge in [0.15, 0.2) is 0 Å². The van der Waals surface area contributed by atoms with Gasteiger partial charge in [0.05, 0.1) is 4.24 Å². The van der Waals surface area contributed by atoms with Crippen molar-refractivity contribution < 1.29 is 4.42 Å². The Hall–Kier alpha value is -2.15. The molecule has 3 rings (SSSR count). The van der Waals surface area contributed by atoms with E-state index in [1.165, 1.54) is 11.8 Å². The van der Waals surface area contributed by atoms with Crippen LogP contribution in [0.2, 0.25) is 0 Å². The van der Waals surface area contributed by atoms with Crippen molar-refractivity contribution >= 4 is 34.5 Å². The van der Waals surface area contributed by atoms with Gasteiger partial charge >= 0.3 is 5.63 Å². The highest BCUT2D eigenvalue weighted by atomic mass is 32.2. The van der Waals surface area contributed by atoms with Crippen LogP contribution in [0.1, 0.15) is 0 Å². The van der Waals surface area contributed by atoms with E-state index in [2.05, 4.69) is 0 Å². The fourth-order valence-corrected chi connectivity index (χ4v) is 4.17. The summed E-state index contributed by atoms with van der Waals surface area (Å²) in [5.41, 5.74) is 0.0992. The van der Waals surface area contributed by atoms with Crippen molar-refractivity contribution in [2.75, 3.05) is 0 Å². The summed E-state index contributed by atoms with van der Waals surface area (Å²) < 4.78 is 5.75. The zero-order valence-electron chi connectivity index (χ0n) is 9.34. The minimum atomic E-state index is -0.434. The molecule has 0 atom stereocenters. The Kier molecular flexibility index (Phi) is 2.83. The lowest BCUT2D eigenvalue weighted by Gasteiger charge is -2.00. The summed E-state index contributed by atoms with van der Waals surface area (Å²) in [7, 11) is 0. The van der Waals surface area contributed by atoms with E-state index in [1.54, 1.807) is 12.1 Å². The van der Waals surface area contributed by atoms with Crippen LogP contribution in [0.5, 0.6) is 0 Å². The average Bonchev–Trinajstić information content (AvgIpc) is 2.86. The maximum atomic E-state index is 11.9. The van der Waals surface area contributed by atoms with Crippen molar-refractivity contribution in [2.24, 2.45) is 0 Å². The van der Waals surface area contributed by atoms with Gasteiger partial charge in [0.2, 0.25) is 0 Å². The normalized spacial score (nSPS) is 12.8. The number of fused-ring (bicyclic) bond motifs is 3. The first-order valence-corrected chi connectivity index (χ1v) is 6.84. The van der Waals surface area contributed by atoms with Gasteiger partial charge in [0.25, 0.3) is 0 Å². The highest BCUT2D eigenvalue weighted by Gasteiger charge is 2.27. The Morgan fingerprint density at radius 1 is 1.11 bits per heavy atom. The number of nitriles is 2. The number of hydrogen-bond donors (Lipinski definition) is 0. The first kappa shape index (κ1) is 11.9. The van der Waals surface area contributed by atoms with Crippen molar-refractivity contribution in [1.82, 2.24) is 0 Å². The first-order chi connectivity index (χ1) is 9.24. The van der Waals surface area contributed by atoms with E-state index < -0.39 is 5.63 Å². The third-order valence-electron chi connectivity index (χ3n) is 2.54. The Labute approximate surface area is 116 Å². The molecule has 1 aromatic heterocycles. The van der Waals surface area contributed by atoms with Gasteiger partial charge in [-0.1, -0.05) is 41.7 Å². The zero-order chi connectivity index (χ0) is 13.4. The summed E-state index contributed by atoms with van der Waals surface area (Å²) in [6.07, 6.45) is 0. The Bertz CT molecular complexity index is 853. The molecule has 2 aromatic rings. The minimum Gasteiger partial charge on any atom is -0.422 e. The molecule has 1 aliphatic rings. The number of allylic oxidation sites excluding steroid dienone is 1. The van der Waals surface area contributed by atoms with Gasteiger partial charge in [0, 0.05) is 10.3 Å². The molecule has 0 N–H and O–H groups in total. The van der Waals surface area contributed by atoms with Gasteiger partial charge < -0.3 is 4.42 Å². The monoisotopic (exact) mass is 284 g/mol. The van der Waals surface area contributed by atoms with Gasteiger partial charge in [-0.25, -0.2) is 4.79 Å². The van der Waals surface area contributed by atoms with Crippen molar-refractivity contribution in [2.45, 2.75) is 9.79 Å². The topological polar surface area (TPSA) is 77.8 Å². The number of rotatable bonds is 0. The largest absolute Gasteiger partial charge is 0.422 e. The number of para-hydroxylation sites is 1. The molecule has 0 radical (unpaired) electrons. The SMILES string of the molecule is N#CC(C#N)=C1Sc2c(c3ccccc3oc2=O)S1. The summed E-state index contributed by atoms with van der Waals surface area (Å²) >= 11 is 2.40. The molecular formula is C13H4N2O2S2. The predicted octanol–water partition coefficient (Wildman–Crippen LogP) is 3.25. The molecular weight excluding hydrogens is 280 g/mol. The fourth-order valence-electron chi connectivity index (χ4n) is 1.72. The standard InChI is InChI=1S/C13H4N2O2S2/c14-5-7(6-15)13-18-10-8-3-1-2-4-9(8)17-12(16)11(10)19-13/h1-4H. The van der Waals surface area contributed by atoms with E-state index in [4.69, 9.17) is 14.9 Å². The summed E-state index contributed by atoms with van der Waals surface area (Å²) in [6, 6.07) is 10.9. The van der Waals surface area contributed by atoms with Gasteiger partial charge in [-0.2, -0.15) is 10.5 Å². The summed E-state index contributed by atoms with van der Waals surface area (Å²) in [5, 5.41) is 18.6. The maximum absolute atomic E-state index is 11.9. The number of thioether (sulfide) groups is 2. The third kappa shape index (κ3) is 1.82. The second kappa shape index (κ2) is 4.51. The highest BCUT2D eigenvalue weighted by Crippen LogP contribution is 2.52. The number of nitrogens with zero attached hydrogens (tertiary/aromatic N) is 2. The van der Waals surface area contributed by atoms with Gasteiger partial charge in [0.1, 0.15) is 28.2 Å². The molecule has 19 heavy (non-hydrogen) atoms. The van der Waals surface area contributed by atoms with Gasteiger partial charge in [-0.05, 0) is 6.07 Å². The molecule has 0 aliphatic carbocycles. The van der Waals surface area contributed by atoms with Crippen molar-refractivity contribution in [1.29, 1.82) is 10.5 Å². The molecule has 0 unspecified atom stereocenters. The lowest BCUT2D eigenvalue weighted by atomic mass is 10.2. The molecule has 1 aliphatic heterocycles. The fraction of sp³-hybridized carbons (Fsp3) is 0. The van der Waals surface area contributed by atoms with Crippen molar-refractivity contribution in [3.63, 3.8) is 0 Å². The number of benzene rings is 1. The third-order valence-corrected chi connectivity index (χ3v) is 5.15. The minimum absolute atomic E-state index is 0.0229. The molecule has 1 aromatic carbocycles. The van der Waals surface area contributed by atoms with Gasteiger partial charge in [-0.3, -0.25) is 0 Å². The molecule has 0 saturated heterocycles. The van der Waals surface area contributed by atoms with Crippen molar-refractivity contribution in [3.05, 3.63) is 44.5 Å². The lowest BCUT2D eigenvalue weighted by Crippen LogP contribution is -2.01. The lowest BCUT2D eigenvalue weighted by molar-refractivity contribution is 0.538. The van der Waals surface area contributed by atoms with E-state index in [-0.39, 0.29) is 5.57 Å². The van der Waals surface area contributed by atoms with E-state index >= 15 is 0 Å². The smallest absolute Gasteiger partial charge is 0.351 e. The Morgan fingerprint density at radius 2 is 1.79 bits per heavy atom. The molecule has 0 amide bonds. The Balaban J connectivity index is 2.30. The zero-order valence-corrected chi connectivity index (χ0v) is 11.0. The van der Waals surface area contributed by atoms with Crippen LogP contribution < -0.4 is 5.63 Å². The molecule has 4 nitrogen and oxygen atoms in total. The maximum Gasteiger partial charge on any atom is 0.351 e. The quantitative estimate of drug-likeness (QED) is 0.546. The Morgan fingerprint density at radius 3 is 2.53 bits per heavy atom. The van der Waals surface area contributed by atoms with E-state index in [9.17, 15) is 4.79 Å². The van der Waals surface area contributed by atoms with Crippen LogP contribution in [0.3, 0.4) is 0 Å². The second-order valence-electron chi connectivity index (χ2n) is 3.63. The van der Waals surface area contributed by atoms with Crippen LogP contribution in [-0.2, 0) is 0 Å². The average molecular weight is 284 g/mol. The molecule has 0 fully saturated rings. The second-order valence-corrected chi connectivity index (χ2v) is 5.93. The van der Waals surface area contributed by atoms with Crippen LogP contribution >= 0.6 is 23.5 Å². The van der Waals surface area contributed by atoms with Crippen LogP contribution in [0.15, 0.2) is 53.1 Å². The highest BCUT2D eigenvalue weighted by molar-refractivity contribution is 8.24. The molecule has 0 saturated carbocycles. The summed E-state index contributed by atoms with van der Waals surface area (Å²) in [4.78, 5) is 13.1. The summed E-state index contributed by atoms with van der Waals surface area (Å²) in [6.45, 7) is 0.